The van der Waals surface area contributed by atoms with Crippen molar-refractivity contribution in [3.8, 4) is 0 Å². The third-order valence-electron chi connectivity index (χ3n) is 5.60. The number of ketones is 3. The van der Waals surface area contributed by atoms with Gasteiger partial charge in [0.05, 0.1) is 0 Å². The molecular weight excluding hydrogens is 264 g/mol. The van der Waals surface area contributed by atoms with Crippen molar-refractivity contribution in [1.82, 2.24) is 0 Å². The standard InChI is InChI=1S/C18H16O3/c1-18-9-8-11-10-4-6-15(19)17(21)13(10)3-2-12(11)14(18)5-7-16(18)20/h2-4,6,14H,5,7-9H2,1H3/t14-,18-/m0/s1. The molecule has 0 heterocycles. The first-order valence-electron chi connectivity index (χ1n) is 7.48. The number of fused-ring (bicyclic) bond motifs is 5. The third kappa shape index (κ3) is 1.52. The van der Waals surface area contributed by atoms with Crippen LogP contribution in [0.3, 0.4) is 0 Å². The first-order chi connectivity index (χ1) is 10.0. The van der Waals surface area contributed by atoms with Gasteiger partial charge in [0, 0.05) is 17.4 Å². The second kappa shape index (κ2) is 4.00. The van der Waals surface area contributed by atoms with E-state index in [1.807, 2.05) is 6.07 Å². The molecule has 0 bridgehead atoms. The maximum atomic E-state index is 12.2. The normalized spacial score (nSPS) is 30.1. The predicted molar refractivity (Wildman–Crippen MR) is 78.2 cm³/mol. The van der Waals surface area contributed by atoms with Crippen LogP contribution in [0.15, 0.2) is 18.2 Å². The highest BCUT2D eigenvalue weighted by molar-refractivity contribution is 6.50. The molecule has 1 aromatic rings. The van der Waals surface area contributed by atoms with E-state index in [0.717, 1.165) is 24.8 Å². The van der Waals surface area contributed by atoms with Gasteiger partial charge in [0.15, 0.2) is 0 Å². The summed E-state index contributed by atoms with van der Waals surface area (Å²) in [6.07, 6.45) is 6.36. The summed E-state index contributed by atoms with van der Waals surface area (Å²) in [5.74, 6) is -0.219. The number of hydrogen-bond acceptors (Lipinski definition) is 3. The minimum Gasteiger partial charge on any atom is -0.299 e. The molecule has 3 aliphatic rings. The fourth-order valence-electron chi connectivity index (χ4n) is 4.31. The average molecular weight is 280 g/mol. The maximum Gasteiger partial charge on any atom is 0.233 e. The van der Waals surface area contributed by atoms with Gasteiger partial charge in [-0.25, -0.2) is 0 Å². The number of Topliss-reactive ketones (excluding diaryl/α,β-unsaturated/α-hetero) is 2. The van der Waals surface area contributed by atoms with Gasteiger partial charge in [0.1, 0.15) is 5.78 Å². The minimum atomic E-state index is -0.445. The Labute approximate surface area is 123 Å². The summed E-state index contributed by atoms with van der Waals surface area (Å²) in [5.41, 5.74) is 3.56. The number of hydrogen-bond donors (Lipinski definition) is 0. The quantitative estimate of drug-likeness (QED) is 0.687. The van der Waals surface area contributed by atoms with E-state index in [0.29, 0.717) is 17.8 Å². The van der Waals surface area contributed by atoms with Gasteiger partial charge in [-0.2, -0.15) is 0 Å². The highest BCUT2D eigenvalue weighted by Gasteiger charge is 2.49. The molecule has 1 fully saturated rings. The molecule has 1 aromatic carbocycles. The van der Waals surface area contributed by atoms with E-state index in [1.54, 1.807) is 12.1 Å². The molecule has 21 heavy (non-hydrogen) atoms. The predicted octanol–water partition coefficient (Wildman–Crippen LogP) is 2.86. The van der Waals surface area contributed by atoms with Crippen LogP contribution in [-0.2, 0) is 16.0 Å². The highest BCUT2D eigenvalue weighted by Crippen LogP contribution is 2.54. The summed E-state index contributed by atoms with van der Waals surface area (Å²) in [6.45, 7) is 2.08. The lowest BCUT2D eigenvalue weighted by atomic mass is 9.65. The molecule has 4 rings (SSSR count). The van der Waals surface area contributed by atoms with Crippen molar-refractivity contribution in [2.45, 2.75) is 38.5 Å². The smallest absolute Gasteiger partial charge is 0.233 e. The van der Waals surface area contributed by atoms with Crippen LogP contribution in [0, 0.1) is 5.41 Å². The second-order valence-corrected chi connectivity index (χ2v) is 6.55. The van der Waals surface area contributed by atoms with Crippen molar-refractivity contribution in [2.24, 2.45) is 5.41 Å². The largest absolute Gasteiger partial charge is 0.299 e. The molecule has 0 radical (unpaired) electrons. The monoisotopic (exact) mass is 280 g/mol. The van der Waals surface area contributed by atoms with Gasteiger partial charge in [-0.1, -0.05) is 13.0 Å². The Balaban J connectivity index is 1.91. The zero-order chi connectivity index (χ0) is 14.8. The van der Waals surface area contributed by atoms with Crippen molar-refractivity contribution in [3.05, 3.63) is 40.5 Å². The Bertz CT molecular complexity index is 741. The molecule has 106 valence electrons. The van der Waals surface area contributed by atoms with E-state index < -0.39 is 11.6 Å². The lowest BCUT2D eigenvalue weighted by Gasteiger charge is -2.37. The molecule has 0 spiro atoms. The minimum absolute atomic E-state index is 0.237. The van der Waals surface area contributed by atoms with Crippen molar-refractivity contribution < 1.29 is 14.4 Å². The fraction of sp³-hybridized carbons (Fsp3) is 0.389. The van der Waals surface area contributed by atoms with E-state index in [9.17, 15) is 14.4 Å². The van der Waals surface area contributed by atoms with Crippen molar-refractivity contribution in [3.63, 3.8) is 0 Å². The first kappa shape index (κ1) is 12.7. The molecule has 0 N–H and O–H groups in total. The number of rotatable bonds is 0. The second-order valence-electron chi connectivity index (χ2n) is 6.55. The molecule has 0 saturated heterocycles. The SMILES string of the molecule is C[C@]12CCc3c(ccc4c3C=CC(=O)C4=O)[C@@H]1CCC2=O. The van der Waals surface area contributed by atoms with Crippen molar-refractivity contribution in [1.29, 1.82) is 0 Å². The molecule has 3 nitrogen and oxygen atoms in total. The average Bonchev–Trinajstić information content (AvgIpc) is 2.78. The van der Waals surface area contributed by atoms with E-state index in [1.165, 1.54) is 17.2 Å². The highest BCUT2D eigenvalue weighted by atomic mass is 16.2. The van der Waals surface area contributed by atoms with E-state index in [-0.39, 0.29) is 11.3 Å². The van der Waals surface area contributed by atoms with Crippen LogP contribution in [0.25, 0.3) is 6.08 Å². The summed E-state index contributed by atoms with van der Waals surface area (Å²) in [7, 11) is 0. The number of carbonyl (C=O) groups is 3. The number of benzene rings is 1. The van der Waals surface area contributed by atoms with Gasteiger partial charge in [0.2, 0.25) is 11.6 Å². The van der Waals surface area contributed by atoms with Crippen LogP contribution >= 0.6 is 0 Å². The summed E-state index contributed by atoms with van der Waals surface area (Å²) >= 11 is 0. The molecule has 0 unspecified atom stereocenters. The lowest BCUT2D eigenvalue weighted by molar-refractivity contribution is -0.126. The Morgan fingerprint density at radius 2 is 1.90 bits per heavy atom. The zero-order valence-corrected chi connectivity index (χ0v) is 11.9. The fourth-order valence-corrected chi connectivity index (χ4v) is 4.31. The molecule has 1 saturated carbocycles. The number of allylic oxidation sites excluding steroid dienone is 1. The maximum absolute atomic E-state index is 12.2. The molecule has 2 atom stereocenters. The van der Waals surface area contributed by atoms with Crippen LogP contribution in [0.1, 0.15) is 59.2 Å². The molecular formula is C18H16O3. The van der Waals surface area contributed by atoms with Gasteiger partial charge < -0.3 is 0 Å². The lowest BCUT2D eigenvalue weighted by Crippen LogP contribution is -2.33. The van der Waals surface area contributed by atoms with Crippen molar-refractivity contribution in [2.75, 3.05) is 0 Å². The summed E-state index contributed by atoms with van der Waals surface area (Å²) in [4.78, 5) is 35.7. The van der Waals surface area contributed by atoms with Crippen molar-refractivity contribution >= 4 is 23.4 Å². The topological polar surface area (TPSA) is 51.2 Å². The van der Waals surface area contributed by atoms with Crippen LogP contribution < -0.4 is 0 Å². The Morgan fingerprint density at radius 1 is 1.10 bits per heavy atom. The molecule has 0 aliphatic heterocycles. The Kier molecular flexibility index (Phi) is 2.42. The summed E-state index contributed by atoms with van der Waals surface area (Å²) < 4.78 is 0. The van der Waals surface area contributed by atoms with E-state index >= 15 is 0 Å². The summed E-state index contributed by atoms with van der Waals surface area (Å²) in [5, 5.41) is 0. The summed E-state index contributed by atoms with van der Waals surface area (Å²) in [6, 6.07) is 3.74. The Hall–Kier alpha value is -2.03. The third-order valence-corrected chi connectivity index (χ3v) is 5.60. The van der Waals surface area contributed by atoms with E-state index in [2.05, 4.69) is 6.92 Å². The first-order valence-corrected chi connectivity index (χ1v) is 7.48. The number of carbonyl (C=O) groups excluding carboxylic acids is 3. The zero-order valence-electron chi connectivity index (χ0n) is 11.9. The van der Waals surface area contributed by atoms with Crippen LogP contribution in [0.4, 0.5) is 0 Å². The van der Waals surface area contributed by atoms with E-state index in [4.69, 9.17) is 0 Å². The molecule has 3 aliphatic carbocycles. The molecule has 0 aromatic heterocycles. The van der Waals surface area contributed by atoms with Gasteiger partial charge in [0.25, 0.3) is 0 Å². The Morgan fingerprint density at radius 3 is 2.71 bits per heavy atom. The molecule has 0 amide bonds. The molecule has 3 heteroatoms. The van der Waals surface area contributed by atoms with Gasteiger partial charge >= 0.3 is 0 Å². The van der Waals surface area contributed by atoms with Crippen LogP contribution in [-0.4, -0.2) is 17.3 Å². The van der Waals surface area contributed by atoms with Gasteiger partial charge in [-0.15, -0.1) is 0 Å². The van der Waals surface area contributed by atoms with Gasteiger partial charge in [-0.3, -0.25) is 14.4 Å². The van der Waals surface area contributed by atoms with Crippen LogP contribution in [0.2, 0.25) is 0 Å². The van der Waals surface area contributed by atoms with Gasteiger partial charge in [-0.05, 0) is 60.1 Å². The van der Waals surface area contributed by atoms with Crippen LogP contribution in [0.5, 0.6) is 0 Å².